The number of nitrogens with one attached hydrogen (secondary N) is 1. The maximum atomic E-state index is 12.7. The maximum absolute atomic E-state index is 12.7. The molecule has 0 bridgehead atoms. The molecule has 1 fully saturated rings. The minimum Gasteiger partial charge on any atom is -0.355 e. The summed E-state index contributed by atoms with van der Waals surface area (Å²) >= 11 is 7.73. The summed E-state index contributed by atoms with van der Waals surface area (Å²) in [6.45, 7) is 4.94. The average molecular weight is 485 g/mol. The monoisotopic (exact) mass is 484 g/mol. The van der Waals surface area contributed by atoms with Gasteiger partial charge in [-0.3, -0.25) is 9.69 Å². The van der Waals surface area contributed by atoms with E-state index in [-0.39, 0.29) is 11.8 Å². The van der Waals surface area contributed by atoms with Gasteiger partial charge in [0.05, 0.1) is 12.5 Å². The molecular formula is C25H29ClN4O2S. The highest BCUT2D eigenvalue weighted by Crippen LogP contribution is 2.21. The van der Waals surface area contributed by atoms with Crippen molar-refractivity contribution in [1.82, 2.24) is 20.4 Å². The van der Waals surface area contributed by atoms with Crippen LogP contribution in [0.3, 0.4) is 0 Å². The molecule has 174 valence electrons. The Balaban J connectivity index is 1.19. The largest absolute Gasteiger partial charge is 0.355 e. The molecule has 3 aromatic rings. The fraction of sp³-hybridized carbons (Fsp3) is 0.400. The first-order valence-electron chi connectivity index (χ1n) is 11.3. The molecule has 8 heteroatoms. The highest BCUT2D eigenvalue weighted by molar-refractivity contribution is 7.98. The van der Waals surface area contributed by atoms with Gasteiger partial charge in [0.1, 0.15) is 0 Å². The predicted molar refractivity (Wildman–Crippen MR) is 133 cm³/mol. The van der Waals surface area contributed by atoms with Gasteiger partial charge in [0.25, 0.3) is 0 Å². The molecule has 1 N–H and O–H groups in total. The lowest BCUT2D eigenvalue weighted by Crippen LogP contribution is -2.43. The summed E-state index contributed by atoms with van der Waals surface area (Å²) in [5.74, 6) is 3.13. The lowest BCUT2D eigenvalue weighted by Gasteiger charge is -2.30. The van der Waals surface area contributed by atoms with Crippen LogP contribution in [-0.2, 0) is 17.1 Å². The number of carbonyl (C=O) groups excluding carboxylic acids is 1. The van der Waals surface area contributed by atoms with Gasteiger partial charge in [0.15, 0.2) is 0 Å². The standard InChI is InChI=1S/C25H29ClN4O2S/c1-18-4-8-20(9-5-18)24-28-23(32-29-24)16-30-13-2-3-21(15-30)25(31)27-12-14-33-17-19-6-10-22(26)11-7-19/h4-11,21H,2-3,12-17H2,1H3,(H,27,31). The van der Waals surface area contributed by atoms with Crippen LogP contribution >= 0.6 is 23.4 Å². The highest BCUT2D eigenvalue weighted by Gasteiger charge is 2.26. The van der Waals surface area contributed by atoms with E-state index in [4.69, 9.17) is 16.1 Å². The number of nitrogens with zero attached hydrogens (tertiary/aromatic N) is 3. The molecule has 1 unspecified atom stereocenters. The molecule has 1 aliphatic heterocycles. The zero-order valence-corrected chi connectivity index (χ0v) is 20.4. The van der Waals surface area contributed by atoms with E-state index in [9.17, 15) is 4.79 Å². The number of piperidine rings is 1. The molecule has 33 heavy (non-hydrogen) atoms. The summed E-state index contributed by atoms with van der Waals surface area (Å²) in [4.78, 5) is 19.4. The Labute approximate surface area is 204 Å². The van der Waals surface area contributed by atoms with Crippen molar-refractivity contribution < 1.29 is 9.32 Å². The van der Waals surface area contributed by atoms with Crippen LogP contribution in [-0.4, -0.2) is 46.3 Å². The van der Waals surface area contributed by atoms with Crippen molar-refractivity contribution in [2.75, 3.05) is 25.4 Å². The maximum Gasteiger partial charge on any atom is 0.241 e. The van der Waals surface area contributed by atoms with Crippen LogP contribution in [0.4, 0.5) is 0 Å². The molecule has 2 heterocycles. The third-order valence-electron chi connectivity index (χ3n) is 5.74. The number of carbonyl (C=O) groups is 1. The van der Waals surface area contributed by atoms with Crippen LogP contribution in [0.25, 0.3) is 11.4 Å². The Hall–Kier alpha value is -2.35. The molecule has 0 spiro atoms. The summed E-state index contributed by atoms with van der Waals surface area (Å²) in [5, 5.41) is 7.98. The summed E-state index contributed by atoms with van der Waals surface area (Å²) in [6.07, 6.45) is 1.90. The van der Waals surface area contributed by atoms with Crippen LogP contribution in [0.1, 0.15) is 29.9 Å². The molecule has 2 aromatic carbocycles. The Morgan fingerprint density at radius 3 is 2.79 bits per heavy atom. The number of aryl methyl sites for hydroxylation is 1. The Morgan fingerprint density at radius 2 is 2.00 bits per heavy atom. The number of hydrogen-bond donors (Lipinski definition) is 1. The minimum atomic E-state index is -0.000458. The fourth-order valence-corrected chi connectivity index (χ4v) is 4.85. The Kier molecular flexibility index (Phi) is 8.42. The second-order valence-corrected chi connectivity index (χ2v) is 9.96. The quantitative estimate of drug-likeness (QED) is 0.433. The highest BCUT2D eigenvalue weighted by atomic mass is 35.5. The first kappa shape index (κ1) is 23.8. The van der Waals surface area contributed by atoms with E-state index in [0.717, 1.165) is 41.5 Å². The SMILES string of the molecule is Cc1ccc(-c2noc(CN3CCCC(C(=O)NCCSCc4ccc(Cl)cc4)C3)n2)cc1. The van der Waals surface area contributed by atoms with Crippen molar-refractivity contribution in [1.29, 1.82) is 0 Å². The van der Waals surface area contributed by atoms with Gasteiger partial charge in [-0.1, -0.05) is 58.7 Å². The van der Waals surface area contributed by atoms with Gasteiger partial charge in [-0.05, 0) is 44.0 Å². The van der Waals surface area contributed by atoms with Gasteiger partial charge < -0.3 is 9.84 Å². The van der Waals surface area contributed by atoms with Gasteiger partial charge in [-0.2, -0.15) is 16.7 Å². The Bertz CT molecular complexity index is 1040. The van der Waals surface area contributed by atoms with Crippen molar-refractivity contribution in [3.05, 3.63) is 70.6 Å². The van der Waals surface area contributed by atoms with Crippen molar-refractivity contribution in [3.8, 4) is 11.4 Å². The van der Waals surface area contributed by atoms with E-state index in [2.05, 4.69) is 27.3 Å². The summed E-state index contributed by atoms with van der Waals surface area (Å²) in [7, 11) is 0. The van der Waals surface area contributed by atoms with Gasteiger partial charge in [0, 0.05) is 35.2 Å². The number of hydrogen-bond acceptors (Lipinski definition) is 6. The molecule has 1 aliphatic rings. The van der Waals surface area contributed by atoms with E-state index in [1.54, 1.807) is 0 Å². The van der Waals surface area contributed by atoms with Crippen LogP contribution < -0.4 is 5.32 Å². The van der Waals surface area contributed by atoms with Gasteiger partial charge in [-0.15, -0.1) is 0 Å². The average Bonchev–Trinajstić information content (AvgIpc) is 3.29. The third kappa shape index (κ3) is 7.06. The molecule has 4 rings (SSSR count). The first-order valence-corrected chi connectivity index (χ1v) is 12.8. The number of aromatic nitrogens is 2. The van der Waals surface area contributed by atoms with Crippen LogP contribution in [0.2, 0.25) is 5.02 Å². The van der Waals surface area contributed by atoms with Crippen molar-refractivity contribution in [2.24, 2.45) is 5.92 Å². The molecule has 0 aliphatic carbocycles. The first-order chi connectivity index (χ1) is 16.1. The van der Waals surface area contributed by atoms with Crippen molar-refractivity contribution in [2.45, 2.75) is 32.1 Å². The second kappa shape index (κ2) is 11.7. The van der Waals surface area contributed by atoms with Gasteiger partial charge >= 0.3 is 0 Å². The number of halogens is 1. The zero-order chi connectivity index (χ0) is 23.0. The molecule has 1 aromatic heterocycles. The summed E-state index contributed by atoms with van der Waals surface area (Å²) in [6, 6.07) is 16.0. The smallest absolute Gasteiger partial charge is 0.241 e. The van der Waals surface area contributed by atoms with Crippen LogP contribution in [0, 0.1) is 12.8 Å². The Morgan fingerprint density at radius 1 is 1.21 bits per heavy atom. The van der Waals surface area contributed by atoms with E-state index in [1.807, 2.05) is 60.3 Å². The number of rotatable bonds is 9. The number of benzene rings is 2. The topological polar surface area (TPSA) is 71.3 Å². The van der Waals surface area contributed by atoms with E-state index < -0.39 is 0 Å². The molecule has 1 atom stereocenters. The lowest BCUT2D eigenvalue weighted by molar-refractivity contribution is -0.126. The minimum absolute atomic E-state index is 0.000458. The second-order valence-electron chi connectivity index (χ2n) is 8.42. The van der Waals surface area contributed by atoms with Gasteiger partial charge in [0.2, 0.25) is 17.6 Å². The van der Waals surface area contributed by atoms with Crippen molar-refractivity contribution >= 4 is 29.3 Å². The van der Waals surface area contributed by atoms with Gasteiger partial charge in [-0.25, -0.2) is 0 Å². The molecule has 1 saturated heterocycles. The van der Waals surface area contributed by atoms with Crippen molar-refractivity contribution in [3.63, 3.8) is 0 Å². The number of amides is 1. The van der Waals surface area contributed by atoms with E-state index in [1.165, 1.54) is 11.1 Å². The number of likely N-dealkylation sites (tertiary alicyclic amines) is 1. The molecular weight excluding hydrogens is 456 g/mol. The van der Waals surface area contributed by atoms with E-state index >= 15 is 0 Å². The van der Waals surface area contributed by atoms with Crippen LogP contribution in [0.5, 0.6) is 0 Å². The molecule has 1 amide bonds. The fourth-order valence-electron chi connectivity index (χ4n) is 3.90. The molecule has 0 radical (unpaired) electrons. The summed E-state index contributed by atoms with van der Waals surface area (Å²) < 4.78 is 5.47. The zero-order valence-electron chi connectivity index (χ0n) is 18.8. The lowest BCUT2D eigenvalue weighted by atomic mass is 9.97. The predicted octanol–water partition coefficient (Wildman–Crippen LogP) is 4.96. The third-order valence-corrected chi connectivity index (χ3v) is 7.02. The normalized spacial score (nSPS) is 16.6. The molecule has 6 nitrogen and oxygen atoms in total. The van der Waals surface area contributed by atoms with E-state index in [0.29, 0.717) is 31.3 Å². The number of thioether (sulfide) groups is 1. The molecule has 0 saturated carbocycles. The summed E-state index contributed by atoms with van der Waals surface area (Å²) in [5.41, 5.74) is 3.38. The van der Waals surface area contributed by atoms with Crippen LogP contribution in [0.15, 0.2) is 53.1 Å².